The van der Waals surface area contributed by atoms with Crippen molar-refractivity contribution >= 4 is 16.9 Å². The second-order valence-electron chi connectivity index (χ2n) is 6.33. The molecular formula is C21H19N3O4. The molecule has 142 valence electrons. The topological polar surface area (TPSA) is 90.4 Å². The number of hydrogen-bond donors (Lipinski definition) is 1. The first-order valence-electron chi connectivity index (χ1n) is 8.89. The van der Waals surface area contributed by atoms with E-state index in [1.807, 2.05) is 55.5 Å². The predicted octanol–water partition coefficient (Wildman–Crippen LogP) is 3.77. The summed E-state index contributed by atoms with van der Waals surface area (Å²) in [7, 11) is 1.61. The number of methoxy groups -OCH3 is 1. The van der Waals surface area contributed by atoms with E-state index in [2.05, 4.69) is 15.5 Å². The van der Waals surface area contributed by atoms with Crippen LogP contribution < -0.4 is 10.1 Å². The summed E-state index contributed by atoms with van der Waals surface area (Å²) in [6.45, 7) is 2.38. The van der Waals surface area contributed by atoms with Gasteiger partial charge in [-0.1, -0.05) is 35.5 Å². The van der Waals surface area contributed by atoms with E-state index in [1.165, 1.54) is 0 Å². The molecule has 28 heavy (non-hydrogen) atoms. The minimum Gasteiger partial charge on any atom is -0.497 e. The van der Waals surface area contributed by atoms with Gasteiger partial charge in [0.2, 0.25) is 5.82 Å². The SMILES string of the molecule is COc1ccc2oc(-c3noc(C(=O)NCCc4ccccc4)n3)c(C)c2c1. The van der Waals surface area contributed by atoms with Crippen LogP contribution in [0.1, 0.15) is 21.8 Å². The molecule has 2 aromatic heterocycles. The van der Waals surface area contributed by atoms with Crippen LogP contribution in [0.5, 0.6) is 5.75 Å². The number of carbonyl (C=O) groups excluding carboxylic acids is 1. The summed E-state index contributed by atoms with van der Waals surface area (Å²) in [5.41, 5.74) is 2.68. The molecule has 0 bridgehead atoms. The van der Waals surface area contributed by atoms with Gasteiger partial charge >= 0.3 is 11.8 Å². The van der Waals surface area contributed by atoms with Gasteiger partial charge in [0.15, 0.2) is 5.76 Å². The van der Waals surface area contributed by atoms with E-state index in [4.69, 9.17) is 13.7 Å². The van der Waals surface area contributed by atoms with Gasteiger partial charge in [0.05, 0.1) is 7.11 Å². The Hall–Kier alpha value is -3.61. The number of rotatable bonds is 6. The largest absolute Gasteiger partial charge is 0.497 e. The Morgan fingerprint density at radius 2 is 2.00 bits per heavy atom. The maximum atomic E-state index is 12.3. The van der Waals surface area contributed by atoms with E-state index in [0.29, 0.717) is 17.9 Å². The number of nitrogens with one attached hydrogen (secondary N) is 1. The number of aromatic nitrogens is 2. The first kappa shape index (κ1) is 17.8. The predicted molar refractivity (Wildman–Crippen MR) is 103 cm³/mol. The Kier molecular flexibility index (Phi) is 4.80. The molecule has 1 N–H and O–H groups in total. The standard InChI is InChI=1S/C21H19N3O4/c1-13-16-12-15(26-2)8-9-17(16)27-18(13)19-23-21(28-24-19)20(25)22-11-10-14-6-4-3-5-7-14/h3-9,12H,10-11H2,1-2H3,(H,22,25). The molecule has 0 atom stereocenters. The van der Waals surface area contributed by atoms with Crippen LogP contribution in [0.15, 0.2) is 57.5 Å². The summed E-state index contributed by atoms with van der Waals surface area (Å²) in [5, 5.41) is 7.58. The molecule has 0 spiro atoms. The highest BCUT2D eigenvalue weighted by molar-refractivity contribution is 5.91. The van der Waals surface area contributed by atoms with Gasteiger partial charge in [0.25, 0.3) is 0 Å². The molecule has 0 aliphatic carbocycles. The van der Waals surface area contributed by atoms with Crippen LogP contribution in [-0.4, -0.2) is 29.7 Å². The summed E-state index contributed by atoms with van der Waals surface area (Å²) in [6.07, 6.45) is 0.720. The molecule has 4 aromatic rings. The third-order valence-electron chi connectivity index (χ3n) is 4.51. The lowest BCUT2D eigenvalue weighted by Crippen LogP contribution is -2.25. The van der Waals surface area contributed by atoms with E-state index in [-0.39, 0.29) is 11.7 Å². The fraction of sp³-hybridized carbons (Fsp3) is 0.190. The number of amides is 1. The number of hydrogen-bond acceptors (Lipinski definition) is 6. The van der Waals surface area contributed by atoms with Crippen LogP contribution in [0.2, 0.25) is 0 Å². The van der Waals surface area contributed by atoms with Crippen molar-refractivity contribution in [1.82, 2.24) is 15.5 Å². The summed E-state index contributed by atoms with van der Waals surface area (Å²) in [4.78, 5) is 16.5. The molecule has 0 saturated heterocycles. The van der Waals surface area contributed by atoms with Crippen molar-refractivity contribution in [1.29, 1.82) is 0 Å². The molecule has 0 fully saturated rings. The second-order valence-corrected chi connectivity index (χ2v) is 6.33. The van der Waals surface area contributed by atoms with Crippen molar-refractivity contribution in [3.05, 3.63) is 65.5 Å². The van der Waals surface area contributed by atoms with Crippen molar-refractivity contribution in [2.45, 2.75) is 13.3 Å². The van der Waals surface area contributed by atoms with E-state index in [1.54, 1.807) is 7.11 Å². The maximum absolute atomic E-state index is 12.3. The summed E-state index contributed by atoms with van der Waals surface area (Å²) in [5.74, 6) is 0.927. The Bertz CT molecular complexity index is 1120. The zero-order valence-electron chi connectivity index (χ0n) is 15.6. The normalized spacial score (nSPS) is 10.9. The number of ether oxygens (including phenoxy) is 1. The molecule has 7 heteroatoms. The maximum Gasteiger partial charge on any atom is 0.316 e. The number of fused-ring (bicyclic) bond motifs is 1. The Morgan fingerprint density at radius 3 is 2.79 bits per heavy atom. The molecule has 0 aliphatic heterocycles. The average Bonchev–Trinajstić information content (AvgIpc) is 3.33. The van der Waals surface area contributed by atoms with Crippen molar-refractivity contribution < 1.29 is 18.5 Å². The molecule has 2 heterocycles. The highest BCUT2D eigenvalue weighted by atomic mass is 16.5. The Balaban J connectivity index is 1.48. The van der Waals surface area contributed by atoms with E-state index >= 15 is 0 Å². The monoisotopic (exact) mass is 377 g/mol. The zero-order valence-corrected chi connectivity index (χ0v) is 15.6. The minimum absolute atomic E-state index is 0.0968. The molecule has 0 aliphatic rings. The first-order valence-corrected chi connectivity index (χ1v) is 8.89. The van der Waals surface area contributed by atoms with Crippen LogP contribution in [0.25, 0.3) is 22.6 Å². The summed E-state index contributed by atoms with van der Waals surface area (Å²) >= 11 is 0. The van der Waals surface area contributed by atoms with Crippen molar-refractivity contribution in [2.75, 3.05) is 13.7 Å². The van der Waals surface area contributed by atoms with Crippen molar-refractivity contribution in [3.8, 4) is 17.3 Å². The summed E-state index contributed by atoms with van der Waals surface area (Å²) in [6, 6.07) is 15.4. The lowest BCUT2D eigenvalue weighted by Gasteiger charge is -2.02. The van der Waals surface area contributed by atoms with Gasteiger partial charge in [-0.2, -0.15) is 4.98 Å². The van der Waals surface area contributed by atoms with Crippen LogP contribution in [0.3, 0.4) is 0 Å². The molecule has 0 saturated carbocycles. The van der Waals surface area contributed by atoms with E-state index < -0.39 is 5.91 Å². The molecule has 7 nitrogen and oxygen atoms in total. The third kappa shape index (κ3) is 3.46. The first-order chi connectivity index (χ1) is 13.7. The van der Waals surface area contributed by atoms with Gasteiger partial charge in [-0.15, -0.1) is 0 Å². The van der Waals surface area contributed by atoms with Gasteiger partial charge in [0.1, 0.15) is 11.3 Å². The third-order valence-corrected chi connectivity index (χ3v) is 4.51. The number of aryl methyl sites for hydroxylation is 1. The van der Waals surface area contributed by atoms with Gasteiger partial charge in [0, 0.05) is 17.5 Å². The van der Waals surface area contributed by atoms with E-state index in [9.17, 15) is 4.79 Å². The van der Waals surface area contributed by atoms with Crippen LogP contribution in [0.4, 0.5) is 0 Å². The van der Waals surface area contributed by atoms with Crippen LogP contribution >= 0.6 is 0 Å². The van der Waals surface area contributed by atoms with Crippen LogP contribution in [-0.2, 0) is 6.42 Å². The molecule has 0 radical (unpaired) electrons. The van der Waals surface area contributed by atoms with Gasteiger partial charge in [-0.3, -0.25) is 4.79 Å². The highest BCUT2D eigenvalue weighted by Gasteiger charge is 2.21. The average molecular weight is 377 g/mol. The smallest absolute Gasteiger partial charge is 0.316 e. The lowest BCUT2D eigenvalue weighted by atomic mass is 10.1. The molecular weight excluding hydrogens is 358 g/mol. The lowest BCUT2D eigenvalue weighted by molar-refractivity contribution is 0.0910. The number of nitrogens with zero attached hydrogens (tertiary/aromatic N) is 2. The fourth-order valence-corrected chi connectivity index (χ4v) is 2.99. The Labute approximate surface area is 161 Å². The van der Waals surface area contributed by atoms with Crippen molar-refractivity contribution in [2.24, 2.45) is 0 Å². The quantitative estimate of drug-likeness (QED) is 0.550. The number of benzene rings is 2. The van der Waals surface area contributed by atoms with Crippen molar-refractivity contribution in [3.63, 3.8) is 0 Å². The highest BCUT2D eigenvalue weighted by Crippen LogP contribution is 2.33. The Morgan fingerprint density at radius 1 is 1.18 bits per heavy atom. The fourth-order valence-electron chi connectivity index (χ4n) is 2.99. The molecule has 1 amide bonds. The summed E-state index contributed by atoms with van der Waals surface area (Å²) < 4.78 is 16.2. The zero-order chi connectivity index (χ0) is 19.5. The second kappa shape index (κ2) is 7.56. The van der Waals surface area contributed by atoms with Gasteiger partial charge in [-0.05, 0) is 37.1 Å². The molecule has 4 rings (SSSR count). The number of carbonyl (C=O) groups is 1. The van der Waals surface area contributed by atoms with Gasteiger partial charge < -0.3 is 19.0 Å². The number of furan rings is 1. The van der Waals surface area contributed by atoms with E-state index in [0.717, 1.165) is 28.7 Å². The minimum atomic E-state index is -0.412. The van der Waals surface area contributed by atoms with Gasteiger partial charge in [-0.25, -0.2) is 0 Å². The van der Waals surface area contributed by atoms with Crippen LogP contribution in [0, 0.1) is 6.92 Å². The molecule has 0 unspecified atom stereocenters. The molecule has 2 aromatic carbocycles.